The van der Waals surface area contributed by atoms with Crippen molar-refractivity contribution in [2.75, 3.05) is 37.6 Å². The molecule has 2 aliphatic heterocycles. The van der Waals surface area contributed by atoms with E-state index in [-0.39, 0.29) is 41.8 Å². The van der Waals surface area contributed by atoms with Gasteiger partial charge in [-0.1, -0.05) is 38.1 Å². The van der Waals surface area contributed by atoms with Crippen LogP contribution in [-0.4, -0.2) is 55.5 Å². The van der Waals surface area contributed by atoms with Crippen molar-refractivity contribution in [1.29, 1.82) is 0 Å². The van der Waals surface area contributed by atoms with Crippen molar-refractivity contribution in [2.45, 2.75) is 39.8 Å². The number of nitrogens with zero attached hydrogens (tertiary/aromatic N) is 3. The highest BCUT2D eigenvalue weighted by Crippen LogP contribution is 2.19. The zero-order chi connectivity index (χ0) is 19.9. The monoisotopic (exact) mass is 511 g/mol. The highest BCUT2D eigenvalue weighted by molar-refractivity contribution is 14.0. The molecule has 2 aliphatic rings. The fraction of sp³-hybridized carbons (Fsp3) is 0.545. The molecule has 2 heterocycles. The summed E-state index contributed by atoms with van der Waals surface area (Å²) in [5.74, 6) is 1.11. The van der Waals surface area contributed by atoms with Crippen molar-refractivity contribution >= 4 is 41.5 Å². The standard InChI is InChI=1S/C22H33N5O.HI/c1-4-23-22(25-19-10-13-27(16-19)21(28)17(2)3)24-15-18-8-7-9-20(14-18)26-11-5-6-12-26;/h5-9,14,17,19H,4,10-13,15-16H2,1-3H3,(H2,23,24,25);1H. The van der Waals surface area contributed by atoms with E-state index in [2.05, 4.69) is 58.9 Å². The van der Waals surface area contributed by atoms with Gasteiger partial charge >= 0.3 is 0 Å². The number of carbonyl (C=O) groups is 1. The van der Waals surface area contributed by atoms with Crippen LogP contribution in [0.5, 0.6) is 0 Å². The average molecular weight is 511 g/mol. The topological polar surface area (TPSA) is 60.0 Å². The molecule has 0 aromatic heterocycles. The molecular weight excluding hydrogens is 477 g/mol. The van der Waals surface area contributed by atoms with E-state index in [1.54, 1.807) is 0 Å². The van der Waals surface area contributed by atoms with Crippen molar-refractivity contribution in [3.63, 3.8) is 0 Å². The zero-order valence-corrected chi connectivity index (χ0v) is 20.1. The number of aliphatic imine (C=N–C) groups is 1. The van der Waals surface area contributed by atoms with Crippen molar-refractivity contribution in [2.24, 2.45) is 10.9 Å². The van der Waals surface area contributed by atoms with Gasteiger partial charge in [-0.05, 0) is 31.0 Å². The molecule has 160 valence electrons. The highest BCUT2D eigenvalue weighted by Gasteiger charge is 2.27. The van der Waals surface area contributed by atoms with Crippen LogP contribution in [0.2, 0.25) is 0 Å². The lowest BCUT2D eigenvalue weighted by Crippen LogP contribution is -2.45. The van der Waals surface area contributed by atoms with Crippen LogP contribution in [0.15, 0.2) is 41.4 Å². The summed E-state index contributed by atoms with van der Waals surface area (Å²) in [5.41, 5.74) is 2.44. The van der Waals surface area contributed by atoms with Gasteiger partial charge in [0.05, 0.1) is 6.54 Å². The van der Waals surface area contributed by atoms with Crippen LogP contribution in [-0.2, 0) is 11.3 Å². The molecule has 1 aromatic carbocycles. The van der Waals surface area contributed by atoms with Crippen LogP contribution in [0, 0.1) is 5.92 Å². The predicted molar refractivity (Wildman–Crippen MR) is 131 cm³/mol. The summed E-state index contributed by atoms with van der Waals surface area (Å²) in [6.07, 6.45) is 5.36. The Bertz CT molecular complexity index is 726. The predicted octanol–water partition coefficient (Wildman–Crippen LogP) is 2.99. The molecular formula is C22H34IN5O. The molecule has 1 unspecified atom stereocenters. The van der Waals surface area contributed by atoms with E-state index in [1.165, 1.54) is 11.3 Å². The molecule has 1 fully saturated rings. The van der Waals surface area contributed by atoms with Crippen LogP contribution in [0.4, 0.5) is 5.69 Å². The Balaban J connectivity index is 0.00000300. The Kier molecular flexibility index (Phi) is 9.26. The molecule has 0 spiro atoms. The summed E-state index contributed by atoms with van der Waals surface area (Å²) in [7, 11) is 0. The number of hydrogen-bond acceptors (Lipinski definition) is 3. The molecule has 1 saturated heterocycles. The third-order valence-corrected chi connectivity index (χ3v) is 5.19. The van der Waals surface area contributed by atoms with Crippen LogP contribution >= 0.6 is 24.0 Å². The maximum absolute atomic E-state index is 12.2. The van der Waals surface area contributed by atoms with E-state index in [1.807, 2.05) is 18.7 Å². The summed E-state index contributed by atoms with van der Waals surface area (Å²) in [5, 5.41) is 6.84. The molecule has 1 atom stereocenters. The van der Waals surface area contributed by atoms with Gasteiger partial charge in [0.15, 0.2) is 5.96 Å². The number of likely N-dealkylation sites (tertiary alicyclic amines) is 1. The summed E-state index contributed by atoms with van der Waals surface area (Å²) in [6.45, 7) is 11.0. The van der Waals surface area contributed by atoms with Gasteiger partial charge < -0.3 is 20.4 Å². The second kappa shape index (κ2) is 11.4. The lowest BCUT2D eigenvalue weighted by Gasteiger charge is -2.20. The molecule has 6 nitrogen and oxygen atoms in total. The van der Waals surface area contributed by atoms with E-state index >= 15 is 0 Å². The molecule has 0 bridgehead atoms. The van der Waals surface area contributed by atoms with Crippen molar-refractivity contribution in [3.05, 3.63) is 42.0 Å². The molecule has 29 heavy (non-hydrogen) atoms. The Morgan fingerprint density at radius 1 is 1.28 bits per heavy atom. The number of benzene rings is 1. The minimum absolute atomic E-state index is 0. The van der Waals surface area contributed by atoms with Gasteiger partial charge in [0.1, 0.15) is 0 Å². The first-order valence-corrected chi connectivity index (χ1v) is 10.4. The molecule has 0 radical (unpaired) electrons. The fourth-order valence-electron chi connectivity index (χ4n) is 3.67. The van der Waals surface area contributed by atoms with Gasteiger partial charge in [-0.2, -0.15) is 0 Å². The maximum atomic E-state index is 12.2. The van der Waals surface area contributed by atoms with E-state index in [0.29, 0.717) is 6.54 Å². The average Bonchev–Trinajstić information content (AvgIpc) is 3.38. The van der Waals surface area contributed by atoms with Crippen LogP contribution < -0.4 is 15.5 Å². The first-order valence-electron chi connectivity index (χ1n) is 10.4. The van der Waals surface area contributed by atoms with Gasteiger partial charge in [-0.3, -0.25) is 4.79 Å². The second-order valence-electron chi connectivity index (χ2n) is 7.81. The van der Waals surface area contributed by atoms with Gasteiger partial charge in [0.25, 0.3) is 0 Å². The number of anilines is 1. The normalized spacial score (nSPS) is 18.9. The molecule has 0 aliphatic carbocycles. The Morgan fingerprint density at radius 2 is 2.03 bits per heavy atom. The van der Waals surface area contributed by atoms with E-state index in [0.717, 1.165) is 45.1 Å². The van der Waals surface area contributed by atoms with Crippen molar-refractivity contribution in [3.8, 4) is 0 Å². The fourth-order valence-corrected chi connectivity index (χ4v) is 3.67. The number of carbonyl (C=O) groups excluding carboxylic acids is 1. The molecule has 0 saturated carbocycles. The van der Waals surface area contributed by atoms with E-state index in [4.69, 9.17) is 4.99 Å². The first-order chi connectivity index (χ1) is 13.6. The number of halogens is 1. The molecule has 3 rings (SSSR count). The molecule has 2 N–H and O–H groups in total. The second-order valence-corrected chi connectivity index (χ2v) is 7.81. The quantitative estimate of drug-likeness (QED) is 0.267. The van der Waals surface area contributed by atoms with Gasteiger partial charge in [-0.25, -0.2) is 4.99 Å². The van der Waals surface area contributed by atoms with E-state index in [9.17, 15) is 4.79 Å². The SMILES string of the molecule is CCNC(=NCc1cccc(N2CC=CC2)c1)NC1CCN(C(=O)C(C)C)C1.I. The Hall–Kier alpha value is -1.77. The summed E-state index contributed by atoms with van der Waals surface area (Å²) in [6, 6.07) is 8.85. The smallest absolute Gasteiger partial charge is 0.225 e. The Morgan fingerprint density at radius 3 is 2.72 bits per heavy atom. The number of guanidine groups is 1. The van der Waals surface area contributed by atoms with Crippen LogP contribution in [0.1, 0.15) is 32.8 Å². The molecule has 7 heteroatoms. The number of hydrogen-bond donors (Lipinski definition) is 2. The van der Waals surface area contributed by atoms with Gasteiger partial charge in [-0.15, -0.1) is 24.0 Å². The molecule has 1 amide bonds. The van der Waals surface area contributed by atoms with E-state index < -0.39 is 0 Å². The third-order valence-electron chi connectivity index (χ3n) is 5.19. The summed E-state index contributed by atoms with van der Waals surface area (Å²) in [4.78, 5) is 21.3. The lowest BCUT2D eigenvalue weighted by atomic mass is 10.2. The summed E-state index contributed by atoms with van der Waals surface area (Å²) >= 11 is 0. The lowest BCUT2D eigenvalue weighted by molar-refractivity contribution is -0.133. The van der Waals surface area contributed by atoms with Gasteiger partial charge in [0.2, 0.25) is 5.91 Å². The number of rotatable bonds is 6. The molecule has 1 aromatic rings. The Labute approximate surface area is 191 Å². The van der Waals surface area contributed by atoms with Crippen molar-refractivity contribution in [1.82, 2.24) is 15.5 Å². The van der Waals surface area contributed by atoms with Crippen molar-refractivity contribution < 1.29 is 4.79 Å². The number of amides is 1. The summed E-state index contributed by atoms with van der Waals surface area (Å²) < 4.78 is 0. The van der Waals surface area contributed by atoms with Crippen LogP contribution in [0.25, 0.3) is 0 Å². The third kappa shape index (κ3) is 6.62. The highest BCUT2D eigenvalue weighted by atomic mass is 127. The minimum Gasteiger partial charge on any atom is -0.364 e. The first kappa shape index (κ1) is 23.5. The number of nitrogens with one attached hydrogen (secondary N) is 2. The maximum Gasteiger partial charge on any atom is 0.225 e. The van der Waals surface area contributed by atoms with Crippen LogP contribution in [0.3, 0.4) is 0 Å². The van der Waals surface area contributed by atoms with Gasteiger partial charge in [0, 0.05) is 50.4 Å². The largest absolute Gasteiger partial charge is 0.364 e. The zero-order valence-electron chi connectivity index (χ0n) is 17.7. The minimum atomic E-state index is 0.